The number of carbonyl (C=O) groups is 4. The molecule has 3 rings (SSSR count). The number of aromatic nitrogens is 1. The van der Waals surface area contributed by atoms with E-state index >= 15 is 4.39 Å². The van der Waals surface area contributed by atoms with Crippen LogP contribution in [0.25, 0.3) is 0 Å². The zero-order valence-corrected chi connectivity index (χ0v) is 43.4. The molecule has 0 aliphatic carbocycles. The summed E-state index contributed by atoms with van der Waals surface area (Å²) in [4.78, 5) is 51.9. The summed E-state index contributed by atoms with van der Waals surface area (Å²) >= 11 is 0. The molecule has 0 spiro atoms. The normalized spacial score (nSPS) is 19.6. The Morgan fingerprint density at radius 3 is 1.42 bits per heavy atom. The highest BCUT2D eigenvalue weighted by atomic mass is 35.5. The second-order valence-corrected chi connectivity index (χ2v) is 23.0. The van der Waals surface area contributed by atoms with E-state index in [2.05, 4.69) is 0 Å². The number of amides is 4. The van der Waals surface area contributed by atoms with Crippen molar-refractivity contribution in [2.45, 2.75) is 155 Å². The molecule has 0 radical (unpaired) electrons. The first-order valence-electron chi connectivity index (χ1n) is 21.3. The second-order valence-electron chi connectivity index (χ2n) is 20.0. The van der Waals surface area contributed by atoms with E-state index in [-0.39, 0.29) is 44.4 Å². The van der Waals surface area contributed by atoms with Crippen molar-refractivity contribution in [1.82, 2.24) is 24.0 Å². The van der Waals surface area contributed by atoms with Crippen molar-refractivity contribution < 1.29 is 80.1 Å². The maximum Gasteiger partial charge on any atom is 0.474 e. The van der Waals surface area contributed by atoms with Gasteiger partial charge in [0, 0.05) is 84.0 Å². The third kappa shape index (κ3) is 25.8. The predicted octanol–water partition coefficient (Wildman–Crippen LogP) is 2.21. The summed E-state index contributed by atoms with van der Waals surface area (Å²) in [6.45, 7) is 21.3. The predicted molar refractivity (Wildman–Crippen MR) is 241 cm³/mol. The first-order chi connectivity index (χ1) is 29.3. The van der Waals surface area contributed by atoms with E-state index in [0.29, 0.717) is 45.3 Å². The Kier molecular flexibility index (Phi) is 23.3. The fraction of sp³-hybridized carbons (Fsp3) is 0.780. The molecular weight excluding hydrogens is 934 g/mol. The van der Waals surface area contributed by atoms with Crippen LogP contribution >= 0.6 is 0 Å². The van der Waals surface area contributed by atoms with Gasteiger partial charge >= 0.3 is 44.8 Å². The number of hydrogen-bond donors (Lipinski definition) is 4. The van der Waals surface area contributed by atoms with Gasteiger partial charge in [-0.15, -0.1) is 8.42 Å². The fourth-order valence-electron chi connectivity index (χ4n) is 5.71. The number of anilines is 1. The van der Waals surface area contributed by atoms with Gasteiger partial charge in [-0.25, -0.2) is 32.7 Å². The van der Waals surface area contributed by atoms with Crippen LogP contribution in [0.1, 0.15) is 122 Å². The molecule has 1 aromatic rings. The average Bonchev–Trinajstić information content (AvgIpc) is 3.44. The molecule has 3 heterocycles. The molecule has 0 saturated carbocycles. The van der Waals surface area contributed by atoms with Gasteiger partial charge in [0.05, 0.1) is 0 Å². The number of likely N-dealkylation sites (tertiary alicyclic amines) is 2. The summed E-state index contributed by atoms with van der Waals surface area (Å²) in [6, 6.07) is 3.24. The highest BCUT2D eigenvalue weighted by Gasteiger charge is 2.37. The zero-order valence-electron chi connectivity index (χ0n) is 41.0. The molecule has 0 aromatic carbocycles. The van der Waals surface area contributed by atoms with Gasteiger partial charge in [-0.05, 0) is 109 Å². The largest absolute Gasteiger partial charge is 1.00 e. The lowest BCUT2D eigenvalue weighted by Crippen LogP contribution is -3.00. The monoisotopic (exact) mass is 1010 g/mol. The summed E-state index contributed by atoms with van der Waals surface area (Å²) in [5.74, 6) is 0. The minimum Gasteiger partial charge on any atom is -1.00 e. The Morgan fingerprint density at radius 2 is 1.05 bits per heavy atom. The van der Waals surface area contributed by atoms with Crippen molar-refractivity contribution in [2.75, 3.05) is 58.3 Å². The number of alkyl halides is 2. The first kappa shape index (κ1) is 62.0. The van der Waals surface area contributed by atoms with Crippen LogP contribution in [-0.4, -0.2) is 138 Å². The van der Waals surface area contributed by atoms with Gasteiger partial charge in [0.25, 0.3) is 0 Å². The van der Waals surface area contributed by atoms with Crippen LogP contribution in [0.2, 0.25) is 0 Å². The SMILES string of the molecule is CC(C)(C)OC(=O)N1CCCC(F)(CN)CC1.CC(C)(C)OC(=O)NS(=O)(=O)NCC1(F)CCCN(C(=O)OC(C)(C)C)CC1.CN(C)c1cc[n+](S(=O)(=O)NC(=O)OC(C)(C)C)cc1.[Cl-]. The minimum atomic E-state index is -4.28. The maximum absolute atomic E-state index is 15.1. The Bertz CT molecular complexity index is 1960. The molecule has 20 nitrogen and oxygen atoms in total. The number of nitrogens with zero attached hydrogens (tertiary/aromatic N) is 4. The number of rotatable bonds is 8. The van der Waals surface area contributed by atoms with Gasteiger partial charge in [-0.1, -0.05) is 3.97 Å². The molecular formula is C41H75ClF2N8O12S2. The van der Waals surface area contributed by atoms with Gasteiger partial charge in [0.1, 0.15) is 33.7 Å². The summed E-state index contributed by atoms with van der Waals surface area (Å²) in [5, 5.41) is 0. The van der Waals surface area contributed by atoms with E-state index in [9.17, 15) is 40.4 Å². The van der Waals surface area contributed by atoms with E-state index < -0.39 is 79.0 Å². The van der Waals surface area contributed by atoms with Crippen LogP contribution in [0.5, 0.6) is 0 Å². The smallest absolute Gasteiger partial charge is 0.474 e. The molecule has 5 N–H and O–H groups in total. The second kappa shape index (κ2) is 24.9. The Hall–Kier alpha value is -4.00. The first-order valence-corrected chi connectivity index (χ1v) is 24.2. The number of pyridine rings is 1. The molecule has 25 heteroatoms. The van der Waals surface area contributed by atoms with E-state index in [1.165, 1.54) is 17.3 Å². The third-order valence-electron chi connectivity index (χ3n) is 8.82. The summed E-state index contributed by atoms with van der Waals surface area (Å²) in [7, 11) is -4.60. The molecule has 2 fully saturated rings. The van der Waals surface area contributed by atoms with E-state index in [0.717, 1.165) is 9.66 Å². The topological polar surface area (TPSA) is 249 Å². The summed E-state index contributed by atoms with van der Waals surface area (Å²) in [5.41, 5.74) is 0.295. The zero-order chi connectivity index (χ0) is 50.5. The lowest BCUT2D eigenvalue weighted by molar-refractivity contribution is -0.512. The molecule has 384 valence electrons. The molecule has 0 bridgehead atoms. The number of nitrogens with two attached hydrogens (primary N) is 1. The Balaban J connectivity index is 0.000000987. The number of hydrogen-bond acceptors (Lipinski definition) is 14. The molecule has 2 unspecified atom stereocenters. The number of carbonyl (C=O) groups excluding carboxylic acids is 4. The van der Waals surface area contributed by atoms with Crippen LogP contribution in [0.3, 0.4) is 0 Å². The van der Waals surface area contributed by atoms with Gasteiger partial charge < -0.3 is 51.8 Å². The molecule has 2 aliphatic rings. The Labute approximate surface area is 397 Å². The maximum atomic E-state index is 15.1. The van der Waals surface area contributed by atoms with Gasteiger partial charge in [0.2, 0.25) is 0 Å². The molecule has 2 aliphatic heterocycles. The van der Waals surface area contributed by atoms with Crippen molar-refractivity contribution in [3.63, 3.8) is 0 Å². The van der Waals surface area contributed by atoms with Crippen molar-refractivity contribution in [3.8, 4) is 0 Å². The van der Waals surface area contributed by atoms with Crippen LogP contribution in [0, 0.1) is 0 Å². The highest BCUT2D eigenvalue weighted by Crippen LogP contribution is 2.28. The van der Waals surface area contributed by atoms with Gasteiger partial charge in [-0.3, -0.25) is 0 Å². The number of ether oxygens (including phenoxy) is 4. The summed E-state index contributed by atoms with van der Waals surface area (Å²) in [6.07, 6.45) is 1.37. The Morgan fingerprint density at radius 1 is 0.667 bits per heavy atom. The molecule has 2 atom stereocenters. The number of nitrogens with one attached hydrogen (secondary N) is 3. The third-order valence-corrected chi connectivity index (χ3v) is 11.0. The van der Waals surface area contributed by atoms with Gasteiger partial charge in [0.15, 0.2) is 12.4 Å². The lowest BCUT2D eigenvalue weighted by Gasteiger charge is -2.27. The number of halogens is 3. The fourth-order valence-corrected chi connectivity index (χ4v) is 7.29. The van der Waals surface area contributed by atoms with E-state index in [1.54, 1.807) is 84.1 Å². The standard InChI is InChI=1S/C17H32FN3O6S.C12H23FN2O2.C12H19N3O4S.ClH/c1-15(2,3)26-13(22)20-28(24,25)19-12-17(18)8-7-10-21(11-9-17)14(23)27-16(4,5)6;1-11(2,3)17-10(16)15-7-4-5-12(13,9-14)6-8-15;1-12(2,3)19-11(16)13-20(17,18)15-8-6-10(7-9-15)14(4)5;/h19H,7-12H2,1-6H3,(H,20,22);4-9,14H2,1-3H3;6-9H,1-5H3;1H. The summed E-state index contributed by atoms with van der Waals surface area (Å²) < 4.78 is 104. The van der Waals surface area contributed by atoms with E-state index in [1.807, 2.05) is 49.2 Å². The van der Waals surface area contributed by atoms with Gasteiger partial charge in [-0.2, -0.15) is 17.9 Å². The van der Waals surface area contributed by atoms with Crippen molar-refractivity contribution in [2.24, 2.45) is 5.73 Å². The van der Waals surface area contributed by atoms with Crippen molar-refractivity contribution in [3.05, 3.63) is 24.5 Å². The molecule has 66 heavy (non-hydrogen) atoms. The van der Waals surface area contributed by atoms with Crippen LogP contribution in [-0.2, 0) is 39.4 Å². The quantitative estimate of drug-likeness (QED) is 0.216. The van der Waals surface area contributed by atoms with E-state index in [4.69, 9.17) is 24.7 Å². The van der Waals surface area contributed by atoms with Crippen LogP contribution < -0.4 is 41.2 Å². The van der Waals surface area contributed by atoms with Crippen LogP contribution in [0.15, 0.2) is 24.5 Å². The molecule has 4 amide bonds. The van der Waals surface area contributed by atoms with Crippen molar-refractivity contribution in [1.29, 1.82) is 0 Å². The molecule has 1 aromatic heterocycles. The van der Waals surface area contributed by atoms with Crippen LogP contribution in [0.4, 0.5) is 33.6 Å². The lowest BCUT2D eigenvalue weighted by atomic mass is 9.97. The average molecular weight is 1010 g/mol. The van der Waals surface area contributed by atoms with Crippen molar-refractivity contribution >= 4 is 50.5 Å². The highest BCUT2D eigenvalue weighted by molar-refractivity contribution is 7.88. The minimum absolute atomic E-state index is 0. The molecule has 2 saturated heterocycles.